The number of fused-ring (bicyclic) bond motifs is 2. The summed E-state index contributed by atoms with van der Waals surface area (Å²) in [7, 11) is 0. The molecule has 2 aromatic rings. The number of hydrogen-bond acceptors (Lipinski definition) is 4. The van der Waals surface area contributed by atoms with Crippen LogP contribution >= 0.6 is 12.4 Å². The van der Waals surface area contributed by atoms with Crippen molar-refractivity contribution in [3.63, 3.8) is 0 Å². The van der Waals surface area contributed by atoms with Gasteiger partial charge in [0.1, 0.15) is 5.52 Å². The van der Waals surface area contributed by atoms with E-state index in [0.717, 1.165) is 32.2 Å². The third kappa shape index (κ3) is 3.16. The van der Waals surface area contributed by atoms with E-state index in [1.54, 1.807) is 6.07 Å². The molecule has 142 valence electrons. The Balaban J connectivity index is 0.00000196. The highest BCUT2D eigenvalue weighted by atomic mass is 35.5. The van der Waals surface area contributed by atoms with Crippen molar-refractivity contribution in [1.82, 2.24) is 10.3 Å². The molecule has 5 nitrogen and oxygen atoms in total. The summed E-state index contributed by atoms with van der Waals surface area (Å²) in [6.07, 6.45) is -0.625. The van der Waals surface area contributed by atoms with Crippen LogP contribution in [0, 0.1) is 11.3 Å². The minimum absolute atomic E-state index is 0. The van der Waals surface area contributed by atoms with E-state index in [0.29, 0.717) is 18.2 Å². The Morgan fingerprint density at radius 2 is 2.15 bits per heavy atom. The monoisotopic (exact) mass is 389 g/mol. The molecular weight excluding hydrogens is 371 g/mol. The normalized spacial score (nSPS) is 25.6. The van der Waals surface area contributed by atoms with Gasteiger partial charge in [0.05, 0.1) is 5.41 Å². The van der Waals surface area contributed by atoms with Gasteiger partial charge in [-0.2, -0.15) is 13.2 Å². The number of oxazole rings is 1. The lowest BCUT2D eigenvalue weighted by Gasteiger charge is -2.37. The molecule has 1 aromatic carbocycles. The highest BCUT2D eigenvalue weighted by molar-refractivity contribution is 5.97. The van der Waals surface area contributed by atoms with Crippen LogP contribution in [0.15, 0.2) is 22.6 Å². The van der Waals surface area contributed by atoms with Gasteiger partial charge >= 0.3 is 12.1 Å². The van der Waals surface area contributed by atoms with Gasteiger partial charge in [-0.05, 0) is 43.5 Å². The predicted octanol–water partition coefficient (Wildman–Crippen LogP) is 3.99. The Morgan fingerprint density at radius 1 is 1.35 bits per heavy atom. The van der Waals surface area contributed by atoms with Gasteiger partial charge < -0.3 is 15.1 Å². The van der Waals surface area contributed by atoms with Gasteiger partial charge in [-0.15, -0.1) is 12.4 Å². The molecule has 2 fully saturated rings. The van der Waals surface area contributed by atoms with Crippen molar-refractivity contribution in [2.45, 2.75) is 31.9 Å². The average Bonchev–Trinajstić information content (AvgIpc) is 3.18. The fourth-order valence-corrected chi connectivity index (χ4v) is 4.07. The number of hydrogen-bond donors (Lipinski definition) is 2. The molecule has 2 N–H and O–H groups in total. The van der Waals surface area contributed by atoms with Gasteiger partial charge in [-0.3, -0.25) is 4.79 Å². The molecule has 2 aliphatic rings. The molecule has 1 aliphatic carbocycles. The van der Waals surface area contributed by atoms with Gasteiger partial charge in [0.2, 0.25) is 5.91 Å². The number of alkyl halides is 3. The van der Waals surface area contributed by atoms with Crippen LogP contribution in [0.5, 0.6) is 0 Å². The van der Waals surface area contributed by atoms with Gasteiger partial charge in [-0.25, -0.2) is 4.98 Å². The first-order valence-corrected chi connectivity index (χ1v) is 8.38. The zero-order valence-electron chi connectivity index (χ0n) is 13.9. The number of rotatable bonds is 2. The van der Waals surface area contributed by atoms with Crippen molar-refractivity contribution in [3.05, 3.63) is 24.1 Å². The summed E-state index contributed by atoms with van der Waals surface area (Å²) in [6.45, 7) is 1.48. The quantitative estimate of drug-likeness (QED) is 0.815. The van der Waals surface area contributed by atoms with Crippen molar-refractivity contribution in [3.8, 4) is 0 Å². The highest BCUT2D eigenvalue weighted by Crippen LogP contribution is 2.44. The van der Waals surface area contributed by atoms with E-state index in [4.69, 9.17) is 4.42 Å². The van der Waals surface area contributed by atoms with Crippen molar-refractivity contribution in [1.29, 1.82) is 0 Å². The predicted molar refractivity (Wildman–Crippen MR) is 92.1 cm³/mol. The molecule has 1 aliphatic heterocycles. The van der Waals surface area contributed by atoms with Crippen LogP contribution < -0.4 is 10.6 Å². The van der Waals surface area contributed by atoms with E-state index in [1.807, 2.05) is 0 Å². The summed E-state index contributed by atoms with van der Waals surface area (Å²) >= 11 is 0. The van der Waals surface area contributed by atoms with Gasteiger partial charge in [0, 0.05) is 12.2 Å². The summed E-state index contributed by atoms with van der Waals surface area (Å²) in [6, 6.07) is 4.36. The SMILES string of the molecule is Cl.O=C(Nc1ccc2oc(C(F)(F)F)nc2c1)[C@@]12CCCC[C@H]1CNC2. The topological polar surface area (TPSA) is 67.2 Å². The molecule has 1 saturated heterocycles. The zero-order valence-corrected chi connectivity index (χ0v) is 14.7. The number of nitrogens with zero attached hydrogens (tertiary/aromatic N) is 1. The molecule has 9 heteroatoms. The Labute approximate surface area is 154 Å². The Bertz CT molecular complexity index is 823. The first kappa shape index (κ1) is 19.0. The maximum atomic E-state index is 12.9. The largest absolute Gasteiger partial charge is 0.468 e. The third-order valence-electron chi connectivity index (χ3n) is 5.38. The van der Waals surface area contributed by atoms with E-state index in [-0.39, 0.29) is 29.4 Å². The van der Waals surface area contributed by atoms with Gasteiger partial charge in [-0.1, -0.05) is 12.8 Å². The summed E-state index contributed by atoms with van der Waals surface area (Å²) in [4.78, 5) is 16.4. The first-order chi connectivity index (χ1) is 11.9. The molecule has 4 rings (SSSR count). The number of anilines is 1. The third-order valence-corrected chi connectivity index (χ3v) is 5.38. The van der Waals surface area contributed by atoms with Crippen molar-refractivity contribution in [2.24, 2.45) is 11.3 Å². The van der Waals surface area contributed by atoms with E-state index in [1.165, 1.54) is 12.1 Å². The Morgan fingerprint density at radius 3 is 2.92 bits per heavy atom. The molecule has 2 atom stereocenters. The standard InChI is InChI=1S/C17H18F3N3O2.ClH/c18-17(19,20)15-23-12-7-11(4-5-13(12)25-15)22-14(24)16-6-2-1-3-10(16)8-21-9-16;/h4-5,7,10,21H,1-3,6,8-9H2,(H,22,24);1H/t10-,16+;/m0./s1. The van der Waals surface area contributed by atoms with Crippen LogP contribution in [0.25, 0.3) is 11.1 Å². The number of benzene rings is 1. The van der Waals surface area contributed by atoms with E-state index < -0.39 is 17.5 Å². The molecule has 2 heterocycles. The van der Waals surface area contributed by atoms with Crippen LogP contribution in [0.3, 0.4) is 0 Å². The lowest BCUT2D eigenvalue weighted by molar-refractivity contribution is -0.156. The molecular formula is C17H19ClF3N3O2. The fourth-order valence-electron chi connectivity index (χ4n) is 4.07. The number of amides is 1. The lowest BCUT2D eigenvalue weighted by atomic mass is 9.67. The lowest BCUT2D eigenvalue weighted by Crippen LogP contribution is -2.44. The molecule has 1 saturated carbocycles. The molecule has 1 aromatic heterocycles. The van der Waals surface area contributed by atoms with Gasteiger partial charge in [0.15, 0.2) is 5.58 Å². The Kier molecular flexibility index (Phi) is 4.92. The van der Waals surface area contributed by atoms with Crippen LogP contribution in [-0.4, -0.2) is 24.0 Å². The van der Waals surface area contributed by atoms with Crippen LogP contribution in [0.4, 0.5) is 18.9 Å². The first-order valence-electron chi connectivity index (χ1n) is 8.38. The summed E-state index contributed by atoms with van der Waals surface area (Å²) in [5.74, 6) is -1.04. The van der Waals surface area contributed by atoms with Gasteiger partial charge in [0.25, 0.3) is 0 Å². The zero-order chi connectivity index (χ0) is 17.7. The summed E-state index contributed by atoms with van der Waals surface area (Å²) in [5.41, 5.74) is 0.132. The fraction of sp³-hybridized carbons (Fsp3) is 0.529. The number of nitrogens with one attached hydrogen (secondary N) is 2. The second-order valence-electron chi connectivity index (χ2n) is 6.88. The van der Waals surface area contributed by atoms with Crippen LogP contribution in [0.2, 0.25) is 0 Å². The molecule has 1 amide bonds. The molecule has 0 bridgehead atoms. The smallest absolute Gasteiger partial charge is 0.433 e. The summed E-state index contributed by atoms with van der Waals surface area (Å²) in [5, 5.41) is 6.18. The van der Waals surface area contributed by atoms with E-state index >= 15 is 0 Å². The number of carbonyl (C=O) groups excluding carboxylic acids is 1. The minimum Gasteiger partial charge on any atom is -0.433 e. The Hall–Kier alpha value is -1.80. The van der Waals surface area contributed by atoms with E-state index in [2.05, 4.69) is 15.6 Å². The molecule has 0 unspecified atom stereocenters. The van der Waals surface area contributed by atoms with Crippen molar-refractivity contribution in [2.75, 3.05) is 18.4 Å². The average molecular weight is 390 g/mol. The van der Waals surface area contributed by atoms with Crippen molar-refractivity contribution < 1.29 is 22.4 Å². The van der Waals surface area contributed by atoms with Crippen LogP contribution in [0.1, 0.15) is 31.6 Å². The number of aromatic nitrogens is 1. The highest BCUT2D eigenvalue weighted by Gasteiger charge is 2.49. The second-order valence-corrected chi connectivity index (χ2v) is 6.88. The maximum absolute atomic E-state index is 12.9. The molecule has 0 spiro atoms. The van der Waals surface area contributed by atoms with Crippen molar-refractivity contribution >= 4 is 35.1 Å². The number of halogens is 4. The molecule has 0 radical (unpaired) electrons. The van der Waals surface area contributed by atoms with E-state index in [9.17, 15) is 18.0 Å². The summed E-state index contributed by atoms with van der Waals surface area (Å²) < 4.78 is 42.8. The second kappa shape index (κ2) is 6.74. The molecule has 26 heavy (non-hydrogen) atoms. The number of carbonyl (C=O) groups is 1. The maximum Gasteiger partial charge on any atom is 0.468 e. The van der Waals surface area contributed by atoms with Crippen LogP contribution in [-0.2, 0) is 11.0 Å². The minimum atomic E-state index is -4.63.